The highest BCUT2D eigenvalue weighted by molar-refractivity contribution is 9.11. The van der Waals surface area contributed by atoms with Gasteiger partial charge in [-0.2, -0.15) is 5.10 Å². The summed E-state index contributed by atoms with van der Waals surface area (Å²) in [5, 5.41) is 4.65. The van der Waals surface area contributed by atoms with Crippen molar-refractivity contribution in [3.8, 4) is 0 Å². The zero-order chi connectivity index (χ0) is 17.3. The molecule has 3 rings (SSSR count). The van der Waals surface area contributed by atoms with Crippen LogP contribution in [0.3, 0.4) is 0 Å². The van der Waals surface area contributed by atoms with Crippen molar-refractivity contribution >= 4 is 86.6 Å². The van der Waals surface area contributed by atoms with E-state index in [0.29, 0.717) is 10.7 Å². The smallest absolute Gasteiger partial charge is 0.272 e. The van der Waals surface area contributed by atoms with E-state index in [1.807, 2.05) is 36.4 Å². The molecule has 0 aliphatic heterocycles. The van der Waals surface area contributed by atoms with Crippen molar-refractivity contribution in [2.24, 2.45) is 10.8 Å². The number of carbonyl (C=O) groups is 1. The summed E-state index contributed by atoms with van der Waals surface area (Å²) >= 11 is 11.7. The van der Waals surface area contributed by atoms with Crippen molar-refractivity contribution in [1.29, 1.82) is 0 Å². The molecule has 0 aliphatic carbocycles. The number of thiazole rings is 1. The van der Waals surface area contributed by atoms with Crippen molar-refractivity contribution in [3.63, 3.8) is 0 Å². The summed E-state index contributed by atoms with van der Waals surface area (Å²) in [6.07, 6.45) is 0. The van der Waals surface area contributed by atoms with Crippen molar-refractivity contribution < 1.29 is 4.79 Å². The van der Waals surface area contributed by atoms with Gasteiger partial charge in [0, 0.05) is 13.4 Å². The van der Waals surface area contributed by atoms with Crippen LogP contribution < -0.4 is 11.2 Å². The van der Waals surface area contributed by atoms with Gasteiger partial charge in [0.15, 0.2) is 10.7 Å². The van der Waals surface area contributed by atoms with Crippen LogP contribution in [0.1, 0.15) is 5.01 Å². The monoisotopic (exact) mass is 530 g/mol. The zero-order valence-electron chi connectivity index (χ0n) is 11.9. The Balaban J connectivity index is 2.00. The van der Waals surface area contributed by atoms with E-state index < -0.39 is 5.91 Å². The third-order valence-electron chi connectivity index (χ3n) is 3.02. The number of carbonyl (C=O) groups excluding carboxylic acids is 1. The molecule has 1 aromatic heterocycles. The van der Waals surface area contributed by atoms with Gasteiger partial charge in [-0.25, -0.2) is 4.98 Å². The lowest BCUT2D eigenvalue weighted by Crippen LogP contribution is -2.25. The third-order valence-corrected chi connectivity index (χ3v) is 5.77. The number of anilines is 1. The maximum absolute atomic E-state index is 11.8. The molecule has 0 atom stereocenters. The van der Waals surface area contributed by atoms with Crippen LogP contribution in [0.15, 0.2) is 54.9 Å². The van der Waals surface area contributed by atoms with Gasteiger partial charge in [-0.15, -0.1) is 11.3 Å². The molecule has 2 aromatic carbocycles. The fourth-order valence-electron chi connectivity index (χ4n) is 1.94. The van der Waals surface area contributed by atoms with Gasteiger partial charge in [-0.3, -0.25) is 10.2 Å². The molecule has 0 radical (unpaired) electrons. The first-order chi connectivity index (χ1) is 11.5. The Kier molecular flexibility index (Phi) is 5.33. The molecule has 1 amide bonds. The minimum Gasteiger partial charge on any atom is -0.364 e. The Morgan fingerprint density at radius 3 is 2.46 bits per heavy atom. The second-order valence-corrected chi connectivity index (χ2v) is 8.32. The van der Waals surface area contributed by atoms with Crippen LogP contribution >= 0.6 is 59.1 Å². The lowest BCUT2D eigenvalue weighted by Gasteiger charge is -2.08. The number of amides is 1. The molecule has 24 heavy (non-hydrogen) atoms. The van der Waals surface area contributed by atoms with Gasteiger partial charge in [0.05, 0.1) is 15.9 Å². The zero-order valence-corrected chi connectivity index (χ0v) is 17.5. The van der Waals surface area contributed by atoms with Gasteiger partial charge in [0.25, 0.3) is 5.91 Å². The van der Waals surface area contributed by atoms with Crippen LogP contribution in [0, 0.1) is 0 Å². The summed E-state index contributed by atoms with van der Waals surface area (Å²) in [6, 6.07) is 11.4. The van der Waals surface area contributed by atoms with Crippen LogP contribution in [0.2, 0.25) is 0 Å². The number of primary amides is 1. The summed E-state index contributed by atoms with van der Waals surface area (Å²) in [5.74, 6) is -0.647. The summed E-state index contributed by atoms with van der Waals surface area (Å²) in [5.41, 5.74) is 9.92. The summed E-state index contributed by atoms with van der Waals surface area (Å²) < 4.78 is 3.42. The quantitative estimate of drug-likeness (QED) is 0.371. The molecule has 5 nitrogen and oxygen atoms in total. The third kappa shape index (κ3) is 3.69. The van der Waals surface area contributed by atoms with E-state index in [1.165, 1.54) is 11.3 Å². The maximum Gasteiger partial charge on any atom is 0.272 e. The maximum atomic E-state index is 11.8. The Morgan fingerprint density at radius 2 is 1.83 bits per heavy atom. The molecule has 0 spiro atoms. The van der Waals surface area contributed by atoms with Crippen molar-refractivity contribution in [2.45, 2.75) is 0 Å². The van der Waals surface area contributed by atoms with E-state index in [9.17, 15) is 4.79 Å². The average molecular weight is 533 g/mol. The minimum absolute atomic E-state index is 0.0814. The number of nitrogens with zero attached hydrogens (tertiary/aromatic N) is 2. The highest BCUT2D eigenvalue weighted by Crippen LogP contribution is 2.34. The predicted octanol–water partition coefficient (Wildman–Crippen LogP) is 4.89. The number of benzene rings is 2. The fourth-order valence-corrected chi connectivity index (χ4v) is 5.34. The number of hydrogen-bond acceptors (Lipinski definition) is 5. The Bertz CT molecular complexity index is 914. The second kappa shape index (κ2) is 7.30. The van der Waals surface area contributed by atoms with Crippen molar-refractivity contribution in [2.75, 3.05) is 5.43 Å². The lowest BCUT2D eigenvalue weighted by molar-refractivity contribution is -0.111. The van der Waals surface area contributed by atoms with Crippen LogP contribution in [0.25, 0.3) is 10.2 Å². The van der Waals surface area contributed by atoms with Crippen LogP contribution in [-0.4, -0.2) is 16.6 Å². The number of rotatable bonds is 4. The molecule has 3 aromatic rings. The molecule has 1 heterocycles. The number of para-hydroxylation sites is 1. The van der Waals surface area contributed by atoms with E-state index in [4.69, 9.17) is 5.73 Å². The molecule has 0 fully saturated rings. The van der Waals surface area contributed by atoms with Gasteiger partial charge < -0.3 is 5.73 Å². The molecule has 9 heteroatoms. The minimum atomic E-state index is -0.647. The van der Waals surface area contributed by atoms with Gasteiger partial charge in [-0.05, 0) is 56.1 Å². The van der Waals surface area contributed by atoms with Crippen molar-refractivity contribution in [3.05, 3.63) is 54.8 Å². The highest BCUT2D eigenvalue weighted by atomic mass is 79.9. The molecule has 0 aliphatic rings. The van der Waals surface area contributed by atoms with Crippen LogP contribution in [0.5, 0.6) is 0 Å². The van der Waals surface area contributed by atoms with E-state index in [1.54, 1.807) is 0 Å². The summed E-state index contributed by atoms with van der Waals surface area (Å²) in [7, 11) is 0. The van der Waals surface area contributed by atoms with Crippen LogP contribution in [-0.2, 0) is 4.79 Å². The predicted molar refractivity (Wildman–Crippen MR) is 109 cm³/mol. The molecule has 0 bridgehead atoms. The van der Waals surface area contributed by atoms with E-state index in [-0.39, 0.29) is 5.71 Å². The first-order valence-electron chi connectivity index (χ1n) is 6.59. The molecule has 0 saturated carbocycles. The normalized spacial score (nSPS) is 11.7. The Labute approximate surface area is 166 Å². The Hall–Kier alpha value is -1.29. The molecular formula is C15H9Br3N4OS. The number of nitrogens with two attached hydrogens (primary N) is 1. The summed E-state index contributed by atoms with van der Waals surface area (Å²) in [4.78, 5) is 16.2. The van der Waals surface area contributed by atoms with Gasteiger partial charge >= 0.3 is 0 Å². The van der Waals surface area contributed by atoms with Gasteiger partial charge in [0.2, 0.25) is 0 Å². The SMILES string of the molecule is NC(=O)/C(=N/Nc1c(Br)cc(Br)cc1Br)c1nc2ccccc2s1. The number of hydrazone groups is 1. The number of fused-ring (bicyclic) bond motifs is 1. The first-order valence-corrected chi connectivity index (χ1v) is 9.79. The number of halogens is 3. The first kappa shape index (κ1) is 17.5. The van der Waals surface area contributed by atoms with E-state index in [0.717, 1.165) is 23.6 Å². The van der Waals surface area contributed by atoms with E-state index >= 15 is 0 Å². The van der Waals surface area contributed by atoms with Gasteiger partial charge in [0.1, 0.15) is 0 Å². The highest BCUT2D eigenvalue weighted by Gasteiger charge is 2.17. The second-order valence-electron chi connectivity index (χ2n) is 4.67. The largest absolute Gasteiger partial charge is 0.364 e. The standard InChI is InChI=1S/C15H9Br3N4OS/c16-7-5-8(17)12(9(18)6-7)21-22-13(14(19)23)15-20-10-3-1-2-4-11(10)24-15/h1-6,21H,(H2,19,23)/b22-13-. The van der Waals surface area contributed by atoms with E-state index in [2.05, 4.69) is 63.3 Å². The number of hydrogen-bond donors (Lipinski definition) is 2. The molecular weight excluding hydrogens is 524 g/mol. The number of aromatic nitrogens is 1. The topological polar surface area (TPSA) is 80.4 Å². The fraction of sp³-hybridized carbons (Fsp3) is 0. The lowest BCUT2D eigenvalue weighted by atomic mass is 10.3. The molecule has 0 saturated heterocycles. The number of nitrogens with one attached hydrogen (secondary N) is 1. The molecule has 122 valence electrons. The van der Waals surface area contributed by atoms with Gasteiger partial charge in [-0.1, -0.05) is 28.1 Å². The summed E-state index contributed by atoms with van der Waals surface area (Å²) in [6.45, 7) is 0. The Morgan fingerprint density at radius 1 is 1.17 bits per heavy atom. The van der Waals surface area contributed by atoms with Crippen molar-refractivity contribution in [1.82, 2.24) is 4.98 Å². The molecule has 3 N–H and O–H groups in total. The average Bonchev–Trinajstić information content (AvgIpc) is 2.92. The molecule has 0 unspecified atom stereocenters. The van der Waals surface area contributed by atoms with Crippen LogP contribution in [0.4, 0.5) is 5.69 Å².